The average Bonchev–Trinajstić information content (AvgIpc) is 3.07. The predicted molar refractivity (Wildman–Crippen MR) is 209 cm³/mol. The summed E-state index contributed by atoms with van der Waals surface area (Å²) < 4.78 is 5.88. The second-order valence-corrected chi connectivity index (χ2v) is 13.8. The van der Waals surface area contributed by atoms with Gasteiger partial charge in [-0.05, 0) is 77.0 Å². The van der Waals surface area contributed by atoms with Crippen LogP contribution in [0, 0.1) is 0 Å². The van der Waals surface area contributed by atoms with E-state index in [2.05, 4.69) is 62.5 Å². The molecule has 0 spiro atoms. The van der Waals surface area contributed by atoms with Crippen molar-refractivity contribution in [2.24, 2.45) is 0 Å². The molecule has 1 atom stereocenters. The third kappa shape index (κ3) is 38.3. The summed E-state index contributed by atoms with van der Waals surface area (Å²) in [6.07, 6.45) is 52.7. The summed E-state index contributed by atoms with van der Waals surface area (Å²) in [6.45, 7) is 4.52. The number of aliphatic carboxylic acids is 1. The van der Waals surface area contributed by atoms with Gasteiger partial charge in [0.2, 0.25) is 0 Å². The number of hydrogen-bond donors (Lipinski definition) is 1. The van der Waals surface area contributed by atoms with E-state index in [9.17, 15) is 9.59 Å². The molecule has 0 saturated carbocycles. The molecule has 0 fully saturated rings. The van der Waals surface area contributed by atoms with Crippen molar-refractivity contribution in [1.82, 2.24) is 0 Å². The van der Waals surface area contributed by atoms with Crippen LogP contribution >= 0.6 is 0 Å². The fourth-order valence-corrected chi connectivity index (χ4v) is 6.00. The Morgan fingerprint density at radius 3 is 1.29 bits per heavy atom. The van der Waals surface area contributed by atoms with Crippen molar-refractivity contribution in [3.63, 3.8) is 0 Å². The number of allylic oxidation sites excluding steroid dienone is 8. The van der Waals surface area contributed by atoms with E-state index in [0.717, 1.165) is 57.8 Å². The molecule has 0 aliphatic heterocycles. The molecule has 0 bridgehead atoms. The number of rotatable bonds is 37. The minimum absolute atomic E-state index is 0.0746. The van der Waals surface area contributed by atoms with Gasteiger partial charge in [0.05, 0.1) is 0 Å². The molecule has 1 unspecified atom stereocenters. The van der Waals surface area contributed by atoms with Crippen LogP contribution in [-0.2, 0) is 14.3 Å². The van der Waals surface area contributed by atoms with Gasteiger partial charge in [-0.1, -0.05) is 172 Å². The normalized spacial score (nSPS) is 12.7. The van der Waals surface area contributed by atoms with Gasteiger partial charge in [0, 0.05) is 12.8 Å². The Morgan fingerprint density at radius 2 is 0.833 bits per heavy atom. The highest BCUT2D eigenvalue weighted by Crippen LogP contribution is 2.18. The van der Waals surface area contributed by atoms with E-state index < -0.39 is 5.97 Å². The van der Waals surface area contributed by atoms with Gasteiger partial charge in [0.25, 0.3) is 0 Å². The first-order chi connectivity index (χ1) is 23.6. The highest BCUT2D eigenvalue weighted by molar-refractivity contribution is 5.69. The zero-order chi connectivity index (χ0) is 35.0. The Balaban J connectivity index is 3.98. The Hall–Kier alpha value is -2.10. The third-order valence-electron chi connectivity index (χ3n) is 9.05. The van der Waals surface area contributed by atoms with Crippen molar-refractivity contribution >= 4 is 11.9 Å². The summed E-state index contributed by atoms with van der Waals surface area (Å²) in [5.74, 6) is -0.858. The molecule has 0 rings (SSSR count). The van der Waals surface area contributed by atoms with Gasteiger partial charge >= 0.3 is 11.9 Å². The van der Waals surface area contributed by atoms with Gasteiger partial charge in [0.15, 0.2) is 0 Å². The molecule has 0 saturated heterocycles. The maximum Gasteiger partial charge on any atom is 0.306 e. The Morgan fingerprint density at radius 1 is 0.458 bits per heavy atom. The van der Waals surface area contributed by atoms with Crippen molar-refractivity contribution in [3.8, 4) is 0 Å². The zero-order valence-electron chi connectivity index (χ0n) is 31.8. The van der Waals surface area contributed by atoms with Crippen LogP contribution in [0.3, 0.4) is 0 Å². The SMILES string of the molecule is CCCCC/C=C\C/C=C\C/C=C\C/C=C\CCCC(=O)OC(CCCCCCCCCCCCCCCCCC)CCCCC(=O)O. The van der Waals surface area contributed by atoms with E-state index in [4.69, 9.17) is 9.84 Å². The molecular formula is C44H78O4. The van der Waals surface area contributed by atoms with Gasteiger partial charge < -0.3 is 9.84 Å². The summed E-state index contributed by atoms with van der Waals surface area (Å²) >= 11 is 0. The van der Waals surface area contributed by atoms with E-state index in [1.165, 1.54) is 122 Å². The van der Waals surface area contributed by atoms with E-state index in [-0.39, 0.29) is 18.5 Å². The zero-order valence-corrected chi connectivity index (χ0v) is 31.8. The number of esters is 1. The maximum atomic E-state index is 12.6. The summed E-state index contributed by atoms with van der Waals surface area (Å²) in [6, 6.07) is 0. The van der Waals surface area contributed by atoms with Crippen LogP contribution < -0.4 is 0 Å². The molecular weight excluding hydrogens is 592 g/mol. The standard InChI is InChI=1S/C44H78O4/c1-3-5-7-9-11-13-15-17-19-21-23-25-27-29-31-33-35-41-44(47)48-42(39-36-37-40-43(45)46)38-34-32-30-28-26-24-22-20-18-16-14-12-10-8-6-4-2/h11,13,17,19,23,25,29,31,42H,3-10,12,14-16,18,20-22,24,26-28,30,32-41H2,1-2H3,(H,45,46)/b13-11-,19-17-,25-23-,31-29-. The largest absolute Gasteiger partial charge is 0.481 e. The van der Waals surface area contributed by atoms with E-state index >= 15 is 0 Å². The molecule has 48 heavy (non-hydrogen) atoms. The molecule has 0 aromatic rings. The smallest absolute Gasteiger partial charge is 0.306 e. The van der Waals surface area contributed by atoms with Crippen LogP contribution in [0.25, 0.3) is 0 Å². The van der Waals surface area contributed by atoms with E-state index in [1.807, 2.05) is 0 Å². The monoisotopic (exact) mass is 671 g/mol. The molecule has 4 nitrogen and oxygen atoms in total. The molecule has 0 aliphatic rings. The van der Waals surface area contributed by atoms with Gasteiger partial charge in [0.1, 0.15) is 6.10 Å². The number of carboxylic acid groups (broad SMARTS) is 1. The molecule has 1 N–H and O–H groups in total. The first-order valence-corrected chi connectivity index (χ1v) is 20.6. The van der Waals surface area contributed by atoms with Crippen molar-refractivity contribution in [2.75, 3.05) is 0 Å². The Kier molecular flexibility index (Phi) is 37.6. The number of ether oxygens (including phenoxy) is 1. The molecule has 0 aliphatic carbocycles. The average molecular weight is 671 g/mol. The van der Waals surface area contributed by atoms with Gasteiger partial charge in [-0.25, -0.2) is 0 Å². The molecule has 0 aromatic heterocycles. The fraction of sp³-hybridized carbons (Fsp3) is 0.773. The lowest BCUT2D eigenvalue weighted by Gasteiger charge is -2.18. The van der Waals surface area contributed by atoms with Gasteiger partial charge in [-0.15, -0.1) is 0 Å². The molecule has 0 aromatic carbocycles. The minimum atomic E-state index is -0.752. The first kappa shape index (κ1) is 45.9. The van der Waals surface area contributed by atoms with Crippen LogP contribution in [0.4, 0.5) is 0 Å². The first-order valence-electron chi connectivity index (χ1n) is 20.6. The van der Waals surface area contributed by atoms with Crippen LogP contribution in [-0.4, -0.2) is 23.1 Å². The second kappa shape index (κ2) is 39.3. The topological polar surface area (TPSA) is 63.6 Å². The minimum Gasteiger partial charge on any atom is -0.481 e. The Labute approximate surface area is 298 Å². The summed E-state index contributed by atoms with van der Waals surface area (Å²) in [7, 11) is 0. The lowest BCUT2D eigenvalue weighted by atomic mass is 10.0. The van der Waals surface area contributed by atoms with Crippen LogP contribution in [0.1, 0.15) is 213 Å². The van der Waals surface area contributed by atoms with Crippen molar-refractivity contribution in [3.05, 3.63) is 48.6 Å². The molecule has 0 radical (unpaired) electrons. The molecule has 0 heterocycles. The fourth-order valence-electron chi connectivity index (χ4n) is 6.00. The highest BCUT2D eigenvalue weighted by atomic mass is 16.5. The predicted octanol–water partition coefficient (Wildman–Crippen LogP) is 14.3. The molecule has 4 heteroatoms. The number of carbonyl (C=O) groups is 2. The van der Waals surface area contributed by atoms with Crippen molar-refractivity contribution < 1.29 is 19.4 Å². The molecule has 278 valence electrons. The third-order valence-corrected chi connectivity index (χ3v) is 9.05. The summed E-state index contributed by atoms with van der Waals surface area (Å²) in [4.78, 5) is 23.5. The number of carboxylic acids is 1. The van der Waals surface area contributed by atoms with Crippen LogP contribution in [0.5, 0.6) is 0 Å². The van der Waals surface area contributed by atoms with Crippen LogP contribution in [0.15, 0.2) is 48.6 Å². The van der Waals surface area contributed by atoms with Crippen molar-refractivity contribution in [1.29, 1.82) is 0 Å². The number of unbranched alkanes of at least 4 members (excludes halogenated alkanes) is 20. The number of carbonyl (C=O) groups excluding carboxylic acids is 1. The Bertz CT molecular complexity index is 809. The summed E-state index contributed by atoms with van der Waals surface area (Å²) in [5.41, 5.74) is 0. The lowest BCUT2D eigenvalue weighted by Crippen LogP contribution is -2.18. The highest BCUT2D eigenvalue weighted by Gasteiger charge is 2.14. The number of hydrogen-bond acceptors (Lipinski definition) is 3. The van der Waals surface area contributed by atoms with Gasteiger partial charge in [-0.2, -0.15) is 0 Å². The van der Waals surface area contributed by atoms with Crippen molar-refractivity contribution in [2.45, 2.75) is 219 Å². The van der Waals surface area contributed by atoms with E-state index in [0.29, 0.717) is 12.8 Å². The quantitative estimate of drug-likeness (QED) is 0.0406. The second-order valence-electron chi connectivity index (χ2n) is 13.8. The van der Waals surface area contributed by atoms with Gasteiger partial charge in [-0.3, -0.25) is 9.59 Å². The maximum absolute atomic E-state index is 12.6. The summed E-state index contributed by atoms with van der Waals surface area (Å²) in [5, 5.41) is 8.96. The lowest BCUT2D eigenvalue weighted by molar-refractivity contribution is -0.150. The van der Waals surface area contributed by atoms with E-state index in [1.54, 1.807) is 0 Å². The van der Waals surface area contributed by atoms with Crippen LogP contribution in [0.2, 0.25) is 0 Å². The molecule has 0 amide bonds.